The van der Waals surface area contributed by atoms with Crippen LogP contribution in [0.2, 0.25) is 0 Å². The van der Waals surface area contributed by atoms with Gasteiger partial charge in [-0.1, -0.05) is 18.2 Å². The highest BCUT2D eigenvalue weighted by molar-refractivity contribution is 5.90. The van der Waals surface area contributed by atoms with Crippen LogP contribution in [0, 0.1) is 0 Å². The van der Waals surface area contributed by atoms with Crippen LogP contribution in [0.5, 0.6) is 0 Å². The third kappa shape index (κ3) is 3.36. The molecular weight excluding hydrogens is 258 g/mol. The van der Waals surface area contributed by atoms with Crippen LogP contribution >= 0.6 is 0 Å². The van der Waals surface area contributed by atoms with E-state index in [2.05, 4.69) is 5.32 Å². The number of esters is 1. The minimum absolute atomic E-state index is 0.250. The van der Waals surface area contributed by atoms with Crippen molar-refractivity contribution in [3.63, 3.8) is 0 Å². The molecule has 5 heteroatoms. The van der Waals surface area contributed by atoms with Crippen molar-refractivity contribution in [2.24, 2.45) is 0 Å². The van der Waals surface area contributed by atoms with Gasteiger partial charge in [0.15, 0.2) is 0 Å². The van der Waals surface area contributed by atoms with Crippen molar-refractivity contribution in [2.75, 3.05) is 34.0 Å². The maximum atomic E-state index is 11.7. The molecule has 1 aromatic carbocycles. The molecule has 1 unspecified atom stereocenters. The Balaban J connectivity index is 1.95. The second-order valence-electron chi connectivity index (χ2n) is 4.94. The summed E-state index contributed by atoms with van der Waals surface area (Å²) in [6, 6.07) is 7.43. The van der Waals surface area contributed by atoms with Gasteiger partial charge >= 0.3 is 5.97 Å². The fourth-order valence-electron chi connectivity index (χ4n) is 2.37. The second-order valence-corrected chi connectivity index (χ2v) is 4.94. The number of methoxy groups -OCH3 is 2. The number of ether oxygens (including phenoxy) is 3. The van der Waals surface area contributed by atoms with E-state index in [0.717, 1.165) is 18.6 Å². The molecule has 0 amide bonds. The molecule has 1 saturated heterocycles. The van der Waals surface area contributed by atoms with E-state index in [4.69, 9.17) is 14.2 Å². The van der Waals surface area contributed by atoms with Crippen molar-refractivity contribution in [3.8, 4) is 0 Å². The Hall–Kier alpha value is -1.43. The molecule has 1 heterocycles. The first-order valence-corrected chi connectivity index (χ1v) is 6.70. The van der Waals surface area contributed by atoms with Gasteiger partial charge in [-0.3, -0.25) is 0 Å². The van der Waals surface area contributed by atoms with Gasteiger partial charge < -0.3 is 19.5 Å². The Morgan fingerprint density at radius 1 is 1.40 bits per heavy atom. The van der Waals surface area contributed by atoms with E-state index in [-0.39, 0.29) is 11.6 Å². The number of benzene rings is 1. The minimum Gasteiger partial charge on any atom is -0.465 e. The Morgan fingerprint density at radius 2 is 2.20 bits per heavy atom. The first kappa shape index (κ1) is 15.0. The lowest BCUT2D eigenvalue weighted by atomic mass is 10.0. The lowest BCUT2D eigenvalue weighted by molar-refractivity contribution is -0.0159. The van der Waals surface area contributed by atoms with Crippen LogP contribution in [-0.4, -0.2) is 45.5 Å². The molecule has 20 heavy (non-hydrogen) atoms. The first-order chi connectivity index (χ1) is 9.71. The average Bonchev–Trinajstić information content (AvgIpc) is 2.96. The van der Waals surface area contributed by atoms with E-state index in [1.807, 2.05) is 18.2 Å². The van der Waals surface area contributed by atoms with E-state index in [9.17, 15) is 4.79 Å². The zero-order valence-electron chi connectivity index (χ0n) is 12.0. The van der Waals surface area contributed by atoms with Gasteiger partial charge in [0.1, 0.15) is 5.60 Å². The highest BCUT2D eigenvalue weighted by Crippen LogP contribution is 2.21. The normalized spacial score (nSPS) is 21.9. The van der Waals surface area contributed by atoms with Crippen molar-refractivity contribution >= 4 is 5.97 Å². The lowest BCUT2D eigenvalue weighted by Crippen LogP contribution is -2.42. The van der Waals surface area contributed by atoms with Crippen molar-refractivity contribution in [2.45, 2.75) is 18.6 Å². The number of rotatable bonds is 6. The fraction of sp³-hybridized carbons (Fsp3) is 0.533. The zero-order chi connectivity index (χ0) is 14.4. The Morgan fingerprint density at radius 3 is 2.85 bits per heavy atom. The summed E-state index contributed by atoms with van der Waals surface area (Å²) >= 11 is 0. The van der Waals surface area contributed by atoms with Gasteiger partial charge in [0.25, 0.3) is 0 Å². The quantitative estimate of drug-likeness (QED) is 0.797. The first-order valence-electron chi connectivity index (χ1n) is 6.70. The fourth-order valence-corrected chi connectivity index (χ4v) is 2.37. The maximum Gasteiger partial charge on any atom is 0.338 e. The summed E-state index contributed by atoms with van der Waals surface area (Å²) in [6.07, 6.45) is 0.884. The van der Waals surface area contributed by atoms with Crippen LogP contribution in [0.4, 0.5) is 0 Å². The Bertz CT molecular complexity index is 455. The molecule has 2 rings (SSSR count). The average molecular weight is 279 g/mol. The van der Waals surface area contributed by atoms with Crippen molar-refractivity contribution in [3.05, 3.63) is 35.4 Å². The molecule has 0 spiro atoms. The summed E-state index contributed by atoms with van der Waals surface area (Å²) in [7, 11) is 3.10. The molecule has 0 aromatic heterocycles. The minimum atomic E-state index is -0.312. The summed E-state index contributed by atoms with van der Waals surface area (Å²) in [5.74, 6) is -0.312. The molecule has 0 radical (unpaired) electrons. The molecule has 5 nitrogen and oxygen atoms in total. The molecule has 1 atom stereocenters. The Kier molecular flexibility index (Phi) is 5.11. The monoisotopic (exact) mass is 279 g/mol. The van der Waals surface area contributed by atoms with E-state index >= 15 is 0 Å². The van der Waals surface area contributed by atoms with Crippen LogP contribution in [-0.2, 0) is 20.8 Å². The molecule has 1 aliphatic heterocycles. The van der Waals surface area contributed by atoms with E-state index in [1.165, 1.54) is 7.11 Å². The van der Waals surface area contributed by atoms with E-state index < -0.39 is 0 Å². The predicted molar refractivity (Wildman–Crippen MR) is 74.7 cm³/mol. The molecular formula is C15H21NO4. The van der Waals surface area contributed by atoms with Crippen LogP contribution in [0.1, 0.15) is 22.3 Å². The predicted octanol–water partition coefficient (Wildman–Crippen LogP) is 1.37. The van der Waals surface area contributed by atoms with Crippen molar-refractivity contribution < 1.29 is 19.0 Å². The molecule has 1 aliphatic rings. The van der Waals surface area contributed by atoms with Crippen molar-refractivity contribution in [1.29, 1.82) is 0 Å². The van der Waals surface area contributed by atoms with Gasteiger partial charge in [0.2, 0.25) is 0 Å². The number of hydrogen-bond acceptors (Lipinski definition) is 5. The number of nitrogens with one attached hydrogen (secondary N) is 1. The smallest absolute Gasteiger partial charge is 0.338 e. The molecule has 0 bridgehead atoms. The van der Waals surface area contributed by atoms with Gasteiger partial charge in [-0.05, 0) is 11.6 Å². The lowest BCUT2D eigenvalue weighted by Gasteiger charge is -2.26. The topological polar surface area (TPSA) is 56.8 Å². The number of carbonyl (C=O) groups excluding carboxylic acids is 1. The second kappa shape index (κ2) is 6.83. The highest BCUT2D eigenvalue weighted by atomic mass is 16.5. The van der Waals surface area contributed by atoms with Crippen LogP contribution in [0.15, 0.2) is 24.3 Å². The molecule has 0 aliphatic carbocycles. The van der Waals surface area contributed by atoms with Gasteiger partial charge in [-0.25, -0.2) is 4.79 Å². The summed E-state index contributed by atoms with van der Waals surface area (Å²) in [6.45, 7) is 2.62. The number of hydrogen-bond donors (Lipinski definition) is 1. The molecule has 110 valence electrons. The van der Waals surface area contributed by atoms with Crippen LogP contribution in [0.3, 0.4) is 0 Å². The molecule has 1 aromatic rings. The van der Waals surface area contributed by atoms with E-state index in [0.29, 0.717) is 25.3 Å². The van der Waals surface area contributed by atoms with Gasteiger partial charge in [0.05, 0.1) is 19.3 Å². The summed E-state index contributed by atoms with van der Waals surface area (Å²) in [5.41, 5.74) is 1.27. The maximum absolute atomic E-state index is 11.7. The number of carbonyl (C=O) groups is 1. The van der Waals surface area contributed by atoms with Gasteiger partial charge in [0, 0.05) is 33.2 Å². The summed E-state index contributed by atoms with van der Waals surface area (Å²) in [4.78, 5) is 11.7. The standard InChI is InChI=1S/C15H21NO4/c1-18-14(17)13-6-4-3-5-12(13)9-16-10-15(19-2)7-8-20-11-15/h3-6,16H,7-11H2,1-2H3. The molecule has 1 N–H and O–H groups in total. The largest absolute Gasteiger partial charge is 0.465 e. The van der Waals surface area contributed by atoms with Gasteiger partial charge in [-0.15, -0.1) is 0 Å². The molecule has 0 saturated carbocycles. The zero-order valence-corrected chi connectivity index (χ0v) is 12.0. The van der Waals surface area contributed by atoms with E-state index in [1.54, 1.807) is 13.2 Å². The Labute approximate surface area is 119 Å². The molecule has 1 fully saturated rings. The van der Waals surface area contributed by atoms with Crippen molar-refractivity contribution in [1.82, 2.24) is 5.32 Å². The summed E-state index contributed by atoms with van der Waals surface area (Å²) < 4.78 is 15.7. The van der Waals surface area contributed by atoms with Crippen LogP contribution in [0.25, 0.3) is 0 Å². The van der Waals surface area contributed by atoms with Gasteiger partial charge in [-0.2, -0.15) is 0 Å². The summed E-state index contributed by atoms with van der Waals surface area (Å²) in [5, 5.41) is 3.34. The third-order valence-corrected chi connectivity index (χ3v) is 3.69. The SMILES string of the molecule is COC(=O)c1ccccc1CNCC1(OC)CCOC1. The third-order valence-electron chi connectivity index (χ3n) is 3.69. The van der Waals surface area contributed by atoms with Crippen LogP contribution < -0.4 is 5.32 Å². The highest BCUT2D eigenvalue weighted by Gasteiger charge is 2.34.